The van der Waals surface area contributed by atoms with Crippen LogP contribution >= 0.6 is 0 Å². The van der Waals surface area contributed by atoms with Gasteiger partial charge in [0.05, 0.1) is 18.4 Å². The summed E-state index contributed by atoms with van der Waals surface area (Å²) in [5.41, 5.74) is 1.61. The third kappa shape index (κ3) is 4.82. The second-order valence-corrected chi connectivity index (χ2v) is 5.39. The van der Waals surface area contributed by atoms with E-state index in [1.54, 1.807) is 37.4 Å². The second kappa shape index (κ2) is 8.50. The van der Waals surface area contributed by atoms with Gasteiger partial charge in [0.25, 0.3) is 0 Å². The number of hydrogen-bond acceptors (Lipinski definition) is 4. The number of nitrogens with zero attached hydrogens (tertiary/aromatic N) is 2. The third-order valence-electron chi connectivity index (χ3n) is 3.66. The van der Waals surface area contributed by atoms with Gasteiger partial charge in [0.1, 0.15) is 18.4 Å². The maximum absolute atomic E-state index is 12.3. The zero-order valence-electron chi connectivity index (χ0n) is 14.2. The van der Waals surface area contributed by atoms with Gasteiger partial charge in [0.2, 0.25) is 11.8 Å². The van der Waals surface area contributed by atoms with Gasteiger partial charge in [-0.25, -0.2) is 0 Å². The van der Waals surface area contributed by atoms with E-state index in [2.05, 4.69) is 5.32 Å². The summed E-state index contributed by atoms with van der Waals surface area (Å²) in [6.45, 7) is 1.55. The molecule has 6 nitrogen and oxygen atoms in total. The molecule has 0 atom stereocenters. The number of methoxy groups -OCH3 is 1. The maximum Gasteiger partial charge on any atom is 0.244 e. The quantitative estimate of drug-likeness (QED) is 0.878. The fourth-order valence-corrected chi connectivity index (χ4v) is 2.37. The number of para-hydroxylation sites is 2. The smallest absolute Gasteiger partial charge is 0.244 e. The SMILES string of the molecule is COc1ccccc1CN(CC(=O)Nc1ccccc1C#N)C(C)=O. The maximum atomic E-state index is 12.3. The van der Waals surface area contributed by atoms with Crippen molar-refractivity contribution in [1.29, 1.82) is 5.26 Å². The van der Waals surface area contributed by atoms with E-state index in [-0.39, 0.29) is 24.9 Å². The Labute approximate surface area is 146 Å². The van der Waals surface area contributed by atoms with Crippen LogP contribution < -0.4 is 10.1 Å². The van der Waals surface area contributed by atoms with E-state index < -0.39 is 0 Å². The molecule has 6 heteroatoms. The number of nitriles is 1. The second-order valence-electron chi connectivity index (χ2n) is 5.39. The molecule has 0 aliphatic heterocycles. The average Bonchev–Trinajstić information content (AvgIpc) is 2.62. The topological polar surface area (TPSA) is 82.4 Å². The van der Waals surface area contributed by atoms with E-state index in [1.165, 1.54) is 11.8 Å². The van der Waals surface area contributed by atoms with Crippen molar-refractivity contribution < 1.29 is 14.3 Å². The van der Waals surface area contributed by atoms with Crippen molar-refractivity contribution in [3.05, 3.63) is 59.7 Å². The first-order chi connectivity index (χ1) is 12.0. The molecule has 2 aromatic carbocycles. The van der Waals surface area contributed by atoms with Crippen LogP contribution in [-0.2, 0) is 16.1 Å². The zero-order valence-corrected chi connectivity index (χ0v) is 14.2. The standard InChI is InChI=1S/C19H19N3O3/c1-14(23)22(12-16-8-4-6-10-18(16)25-2)13-19(24)21-17-9-5-3-7-15(17)11-20/h3-10H,12-13H2,1-2H3,(H,21,24). The largest absolute Gasteiger partial charge is 0.496 e. The third-order valence-corrected chi connectivity index (χ3v) is 3.66. The van der Waals surface area contributed by atoms with Crippen LogP contribution in [0.3, 0.4) is 0 Å². The first kappa shape index (κ1) is 18.0. The van der Waals surface area contributed by atoms with Gasteiger partial charge in [-0.15, -0.1) is 0 Å². The molecule has 0 bridgehead atoms. The molecule has 0 heterocycles. The Morgan fingerprint density at radius 2 is 1.84 bits per heavy atom. The van der Waals surface area contributed by atoms with Crippen LogP contribution in [0.15, 0.2) is 48.5 Å². The number of hydrogen-bond donors (Lipinski definition) is 1. The van der Waals surface area contributed by atoms with E-state index in [0.29, 0.717) is 17.0 Å². The van der Waals surface area contributed by atoms with E-state index in [0.717, 1.165) is 5.56 Å². The number of carbonyl (C=O) groups excluding carboxylic acids is 2. The van der Waals surface area contributed by atoms with Crippen LogP contribution in [0, 0.1) is 11.3 Å². The Kier molecular flexibility index (Phi) is 6.13. The number of amides is 2. The van der Waals surface area contributed by atoms with Crippen molar-refractivity contribution in [3.8, 4) is 11.8 Å². The summed E-state index contributed by atoms with van der Waals surface area (Å²) in [7, 11) is 1.56. The highest BCUT2D eigenvalue weighted by Gasteiger charge is 2.17. The lowest BCUT2D eigenvalue weighted by Gasteiger charge is -2.22. The number of benzene rings is 2. The molecule has 0 saturated carbocycles. The Balaban J connectivity index is 2.10. The van der Waals surface area contributed by atoms with Gasteiger partial charge in [-0.2, -0.15) is 5.26 Å². The Morgan fingerprint density at radius 3 is 2.52 bits per heavy atom. The van der Waals surface area contributed by atoms with Crippen LogP contribution in [0.1, 0.15) is 18.1 Å². The van der Waals surface area contributed by atoms with Gasteiger partial charge in [-0.1, -0.05) is 30.3 Å². The molecule has 0 saturated heterocycles. The number of anilines is 1. The molecule has 0 aliphatic rings. The van der Waals surface area contributed by atoms with Crippen molar-refractivity contribution in [2.75, 3.05) is 19.0 Å². The summed E-state index contributed by atoms with van der Waals surface area (Å²) in [5.74, 6) is 0.0615. The Morgan fingerprint density at radius 1 is 1.16 bits per heavy atom. The summed E-state index contributed by atoms with van der Waals surface area (Å²) in [4.78, 5) is 25.6. The number of nitrogens with one attached hydrogen (secondary N) is 1. The highest BCUT2D eigenvalue weighted by Crippen LogP contribution is 2.19. The molecule has 0 spiro atoms. The number of rotatable bonds is 6. The minimum atomic E-state index is -0.368. The lowest BCUT2D eigenvalue weighted by atomic mass is 10.2. The summed E-state index contributed by atoms with van der Waals surface area (Å²) in [5, 5.41) is 11.7. The van der Waals surface area contributed by atoms with Gasteiger partial charge in [-0.05, 0) is 18.2 Å². The first-order valence-electron chi connectivity index (χ1n) is 7.71. The molecule has 2 aromatic rings. The van der Waals surface area contributed by atoms with Crippen molar-refractivity contribution in [2.24, 2.45) is 0 Å². The predicted molar refractivity (Wildman–Crippen MR) is 93.9 cm³/mol. The van der Waals surface area contributed by atoms with Crippen molar-refractivity contribution in [1.82, 2.24) is 4.90 Å². The molecule has 2 rings (SSSR count). The van der Waals surface area contributed by atoms with Crippen LogP contribution in [-0.4, -0.2) is 30.4 Å². The molecule has 0 aliphatic carbocycles. The highest BCUT2D eigenvalue weighted by molar-refractivity contribution is 5.95. The lowest BCUT2D eigenvalue weighted by molar-refractivity contribution is -0.133. The number of carbonyl (C=O) groups is 2. The summed E-state index contributed by atoms with van der Waals surface area (Å²) in [6.07, 6.45) is 0. The molecule has 2 amide bonds. The first-order valence-corrected chi connectivity index (χ1v) is 7.71. The van der Waals surface area contributed by atoms with E-state index >= 15 is 0 Å². The molecule has 1 N–H and O–H groups in total. The van der Waals surface area contributed by atoms with E-state index in [1.807, 2.05) is 24.3 Å². The van der Waals surface area contributed by atoms with Gasteiger partial charge in [0.15, 0.2) is 0 Å². The van der Waals surface area contributed by atoms with Crippen molar-refractivity contribution >= 4 is 17.5 Å². The van der Waals surface area contributed by atoms with E-state index in [9.17, 15) is 9.59 Å². The highest BCUT2D eigenvalue weighted by atomic mass is 16.5. The fraction of sp³-hybridized carbons (Fsp3) is 0.211. The van der Waals surface area contributed by atoms with Crippen LogP contribution in [0.5, 0.6) is 5.75 Å². The molecule has 0 aromatic heterocycles. The van der Waals surface area contributed by atoms with Crippen molar-refractivity contribution in [3.63, 3.8) is 0 Å². The molecule has 128 valence electrons. The number of ether oxygens (including phenoxy) is 1. The molecule has 0 radical (unpaired) electrons. The van der Waals surface area contributed by atoms with Gasteiger partial charge >= 0.3 is 0 Å². The minimum absolute atomic E-state index is 0.118. The average molecular weight is 337 g/mol. The van der Waals surface area contributed by atoms with Crippen LogP contribution in [0.25, 0.3) is 0 Å². The van der Waals surface area contributed by atoms with Gasteiger partial charge < -0.3 is 15.0 Å². The van der Waals surface area contributed by atoms with Gasteiger partial charge in [-0.3, -0.25) is 9.59 Å². The molecule has 0 unspecified atom stereocenters. The summed E-state index contributed by atoms with van der Waals surface area (Å²) < 4.78 is 5.28. The lowest BCUT2D eigenvalue weighted by Crippen LogP contribution is -2.36. The Hall–Kier alpha value is -3.33. The van der Waals surface area contributed by atoms with E-state index in [4.69, 9.17) is 10.00 Å². The predicted octanol–water partition coefficient (Wildman–Crippen LogP) is 2.55. The molecule has 0 fully saturated rings. The van der Waals surface area contributed by atoms with Crippen LogP contribution in [0.4, 0.5) is 5.69 Å². The Bertz CT molecular complexity index is 812. The minimum Gasteiger partial charge on any atom is -0.496 e. The van der Waals surface area contributed by atoms with Crippen LogP contribution in [0.2, 0.25) is 0 Å². The molecular formula is C19H19N3O3. The normalized spacial score (nSPS) is 9.80. The summed E-state index contributed by atoms with van der Waals surface area (Å²) in [6, 6.07) is 16.1. The fourth-order valence-electron chi connectivity index (χ4n) is 2.37. The molecule has 25 heavy (non-hydrogen) atoms. The molecular weight excluding hydrogens is 318 g/mol. The monoisotopic (exact) mass is 337 g/mol. The summed E-state index contributed by atoms with van der Waals surface area (Å²) >= 11 is 0. The van der Waals surface area contributed by atoms with Gasteiger partial charge in [0, 0.05) is 19.0 Å². The van der Waals surface area contributed by atoms with Crippen molar-refractivity contribution in [2.45, 2.75) is 13.5 Å². The zero-order chi connectivity index (χ0) is 18.2.